The first-order valence-corrected chi connectivity index (χ1v) is 8.90. The molecule has 3 rings (SSSR count). The van der Waals surface area contributed by atoms with E-state index in [1.807, 2.05) is 6.20 Å². The average Bonchev–Trinajstić information content (AvgIpc) is 2.58. The lowest BCUT2D eigenvalue weighted by Gasteiger charge is -2.23. The van der Waals surface area contributed by atoms with E-state index in [0.717, 1.165) is 12.2 Å². The predicted octanol–water partition coefficient (Wildman–Crippen LogP) is 5.10. The van der Waals surface area contributed by atoms with Gasteiger partial charge in [0.1, 0.15) is 0 Å². The molecular weight excluding hydrogens is 280 g/mol. The molecule has 1 aliphatic rings. The van der Waals surface area contributed by atoms with Gasteiger partial charge in [-0.1, -0.05) is 19.3 Å². The summed E-state index contributed by atoms with van der Waals surface area (Å²) in [5.74, 6) is 0. The maximum atomic E-state index is 4.59. The molecule has 0 amide bonds. The van der Waals surface area contributed by atoms with E-state index in [-0.39, 0.29) is 0 Å². The van der Waals surface area contributed by atoms with Crippen molar-refractivity contribution >= 4 is 0 Å². The molecule has 1 aliphatic carbocycles. The molecular formula is C21H28N2. The highest BCUT2D eigenvalue weighted by Crippen LogP contribution is 2.24. The Morgan fingerprint density at radius 2 is 1.70 bits per heavy atom. The van der Waals surface area contributed by atoms with Gasteiger partial charge in [0, 0.05) is 24.3 Å². The molecule has 2 nitrogen and oxygen atoms in total. The molecule has 2 heteroatoms. The molecule has 2 aromatic rings. The van der Waals surface area contributed by atoms with Crippen molar-refractivity contribution in [2.24, 2.45) is 0 Å². The fourth-order valence-electron chi connectivity index (χ4n) is 3.49. The van der Waals surface area contributed by atoms with Crippen molar-refractivity contribution in [3.05, 3.63) is 52.7 Å². The number of pyridine rings is 1. The second kappa shape index (κ2) is 7.27. The minimum absolute atomic E-state index is 0.698. The van der Waals surface area contributed by atoms with E-state index >= 15 is 0 Å². The van der Waals surface area contributed by atoms with Crippen molar-refractivity contribution < 1.29 is 0 Å². The van der Waals surface area contributed by atoms with Gasteiger partial charge in [0.25, 0.3) is 0 Å². The molecule has 1 fully saturated rings. The van der Waals surface area contributed by atoms with Crippen LogP contribution in [-0.2, 0) is 6.54 Å². The maximum absolute atomic E-state index is 4.59. The molecule has 0 atom stereocenters. The van der Waals surface area contributed by atoms with Crippen molar-refractivity contribution in [2.45, 2.75) is 65.5 Å². The van der Waals surface area contributed by atoms with E-state index in [2.05, 4.69) is 55.3 Å². The molecule has 1 heterocycles. The molecule has 1 aromatic heterocycles. The van der Waals surface area contributed by atoms with Crippen LogP contribution in [0.15, 0.2) is 30.5 Å². The van der Waals surface area contributed by atoms with Crippen LogP contribution in [0.4, 0.5) is 0 Å². The van der Waals surface area contributed by atoms with Gasteiger partial charge in [-0.3, -0.25) is 4.98 Å². The molecule has 1 saturated carbocycles. The minimum Gasteiger partial charge on any atom is -0.310 e. The van der Waals surface area contributed by atoms with E-state index in [4.69, 9.17) is 0 Å². The van der Waals surface area contributed by atoms with Crippen molar-refractivity contribution in [1.29, 1.82) is 0 Å². The summed E-state index contributed by atoms with van der Waals surface area (Å²) in [6.45, 7) is 7.50. The summed E-state index contributed by atoms with van der Waals surface area (Å²) in [5, 5.41) is 3.72. The number of hydrogen-bond donors (Lipinski definition) is 1. The Labute approximate surface area is 140 Å². The minimum atomic E-state index is 0.698. The third-order valence-electron chi connectivity index (χ3n) is 5.25. The van der Waals surface area contributed by atoms with Crippen LogP contribution in [0, 0.1) is 20.8 Å². The van der Waals surface area contributed by atoms with Gasteiger partial charge in [-0.05, 0) is 80.1 Å². The Balaban J connectivity index is 1.74. The molecule has 122 valence electrons. The smallest absolute Gasteiger partial charge is 0.0705 e. The number of benzene rings is 1. The van der Waals surface area contributed by atoms with Crippen molar-refractivity contribution in [3.8, 4) is 11.3 Å². The molecule has 0 radical (unpaired) electrons. The highest BCUT2D eigenvalue weighted by Gasteiger charge is 2.12. The summed E-state index contributed by atoms with van der Waals surface area (Å²) in [5.41, 5.74) is 7.70. The Morgan fingerprint density at radius 1 is 1.00 bits per heavy atom. The second-order valence-corrected chi connectivity index (χ2v) is 7.00. The standard InChI is InChI=1S/C21H28N2/c1-15-11-19(12-16(2)17(15)3)21-13-18(9-10-22-21)14-23-20-7-5-4-6-8-20/h9-13,20,23H,4-8,14H2,1-3H3. The molecule has 0 bridgehead atoms. The Morgan fingerprint density at radius 3 is 2.39 bits per heavy atom. The van der Waals surface area contributed by atoms with Gasteiger partial charge in [0.05, 0.1) is 5.69 Å². The summed E-state index contributed by atoms with van der Waals surface area (Å²) in [6, 6.07) is 9.57. The van der Waals surface area contributed by atoms with Crippen LogP contribution in [0.1, 0.15) is 54.4 Å². The maximum Gasteiger partial charge on any atom is 0.0705 e. The highest BCUT2D eigenvalue weighted by atomic mass is 14.9. The van der Waals surface area contributed by atoms with Crippen molar-refractivity contribution in [3.63, 3.8) is 0 Å². The Bertz CT molecular complexity index is 646. The predicted molar refractivity (Wildman–Crippen MR) is 97.6 cm³/mol. The van der Waals surface area contributed by atoms with Gasteiger partial charge in [-0.2, -0.15) is 0 Å². The van der Waals surface area contributed by atoms with E-state index < -0.39 is 0 Å². The fraction of sp³-hybridized carbons (Fsp3) is 0.476. The first kappa shape index (κ1) is 16.2. The summed E-state index contributed by atoms with van der Waals surface area (Å²) >= 11 is 0. The van der Waals surface area contributed by atoms with E-state index in [1.54, 1.807) is 0 Å². The van der Waals surface area contributed by atoms with Crippen LogP contribution in [0.25, 0.3) is 11.3 Å². The molecule has 0 spiro atoms. The zero-order chi connectivity index (χ0) is 16.2. The van der Waals surface area contributed by atoms with Gasteiger partial charge in [-0.25, -0.2) is 0 Å². The van der Waals surface area contributed by atoms with Gasteiger partial charge < -0.3 is 5.32 Å². The van der Waals surface area contributed by atoms with Crippen LogP contribution in [-0.4, -0.2) is 11.0 Å². The molecule has 0 unspecified atom stereocenters. The second-order valence-electron chi connectivity index (χ2n) is 7.00. The van der Waals surface area contributed by atoms with Crippen LogP contribution in [0.3, 0.4) is 0 Å². The molecule has 0 aliphatic heterocycles. The topological polar surface area (TPSA) is 24.9 Å². The summed E-state index contributed by atoms with van der Waals surface area (Å²) < 4.78 is 0. The number of hydrogen-bond acceptors (Lipinski definition) is 2. The Kier molecular flexibility index (Phi) is 5.12. The third kappa shape index (κ3) is 4.00. The molecule has 0 saturated heterocycles. The van der Waals surface area contributed by atoms with Crippen LogP contribution in [0.2, 0.25) is 0 Å². The lowest BCUT2D eigenvalue weighted by Crippen LogP contribution is -2.30. The largest absolute Gasteiger partial charge is 0.310 e. The van der Waals surface area contributed by atoms with Crippen molar-refractivity contribution in [2.75, 3.05) is 0 Å². The lowest BCUT2D eigenvalue weighted by molar-refractivity contribution is 0.372. The lowest BCUT2D eigenvalue weighted by atomic mass is 9.95. The summed E-state index contributed by atoms with van der Waals surface area (Å²) in [7, 11) is 0. The Hall–Kier alpha value is -1.67. The van der Waals surface area contributed by atoms with E-state index in [1.165, 1.54) is 59.9 Å². The van der Waals surface area contributed by atoms with Gasteiger partial charge in [-0.15, -0.1) is 0 Å². The zero-order valence-corrected chi connectivity index (χ0v) is 14.7. The molecule has 1 N–H and O–H groups in total. The first-order chi connectivity index (χ1) is 11.1. The fourth-order valence-corrected chi connectivity index (χ4v) is 3.49. The first-order valence-electron chi connectivity index (χ1n) is 8.90. The molecule has 1 aromatic carbocycles. The number of aryl methyl sites for hydroxylation is 2. The van der Waals surface area contributed by atoms with Crippen molar-refractivity contribution in [1.82, 2.24) is 10.3 Å². The van der Waals surface area contributed by atoms with E-state index in [0.29, 0.717) is 6.04 Å². The van der Waals surface area contributed by atoms with Gasteiger partial charge >= 0.3 is 0 Å². The van der Waals surface area contributed by atoms with Crippen LogP contribution >= 0.6 is 0 Å². The monoisotopic (exact) mass is 308 g/mol. The van der Waals surface area contributed by atoms with Gasteiger partial charge in [0.15, 0.2) is 0 Å². The van der Waals surface area contributed by atoms with Crippen LogP contribution < -0.4 is 5.32 Å². The summed E-state index contributed by atoms with van der Waals surface area (Å²) in [6.07, 6.45) is 8.76. The number of nitrogens with zero attached hydrogens (tertiary/aromatic N) is 1. The van der Waals surface area contributed by atoms with Crippen LogP contribution in [0.5, 0.6) is 0 Å². The third-order valence-corrected chi connectivity index (χ3v) is 5.25. The quantitative estimate of drug-likeness (QED) is 0.850. The number of nitrogens with one attached hydrogen (secondary N) is 1. The average molecular weight is 308 g/mol. The SMILES string of the molecule is Cc1cc(-c2cc(CNC3CCCCC3)ccn2)cc(C)c1C. The number of aromatic nitrogens is 1. The normalized spacial score (nSPS) is 15.8. The number of rotatable bonds is 4. The summed E-state index contributed by atoms with van der Waals surface area (Å²) in [4.78, 5) is 4.59. The van der Waals surface area contributed by atoms with Gasteiger partial charge in [0.2, 0.25) is 0 Å². The molecule has 23 heavy (non-hydrogen) atoms. The van der Waals surface area contributed by atoms with E-state index in [9.17, 15) is 0 Å². The zero-order valence-electron chi connectivity index (χ0n) is 14.7. The highest BCUT2D eigenvalue weighted by molar-refractivity contribution is 5.63.